The second-order valence-electron chi connectivity index (χ2n) is 4.68. The normalized spacial score (nSPS) is 11.6. The molecule has 2 aromatic rings. The second kappa shape index (κ2) is 5.69. The molecule has 0 aliphatic heterocycles. The minimum absolute atomic E-state index is 0.00217. The van der Waals surface area contributed by atoms with Crippen LogP contribution in [-0.4, -0.2) is 18.2 Å². The third-order valence-electron chi connectivity index (χ3n) is 3.27. The van der Waals surface area contributed by atoms with Crippen molar-refractivity contribution in [2.45, 2.75) is 25.2 Å². The van der Waals surface area contributed by atoms with Gasteiger partial charge in [0.05, 0.1) is 11.4 Å². The number of nitrogens with two attached hydrogens (primary N) is 1. The number of sulfonamides is 1. The van der Waals surface area contributed by atoms with E-state index < -0.39 is 10.0 Å². The molecule has 0 radical (unpaired) electrons. The van der Waals surface area contributed by atoms with Gasteiger partial charge in [0.2, 0.25) is 0 Å². The Morgan fingerprint density at radius 1 is 1.43 bits per heavy atom. The van der Waals surface area contributed by atoms with E-state index in [1.807, 2.05) is 13.0 Å². The van der Waals surface area contributed by atoms with Gasteiger partial charge in [-0.2, -0.15) is 5.10 Å². The van der Waals surface area contributed by atoms with E-state index in [4.69, 9.17) is 5.73 Å². The number of nitrogens with one attached hydrogen (secondary N) is 1. The van der Waals surface area contributed by atoms with Crippen molar-refractivity contribution in [3.05, 3.63) is 33.9 Å². The van der Waals surface area contributed by atoms with Crippen LogP contribution in [0, 0.1) is 6.92 Å². The van der Waals surface area contributed by atoms with Crippen LogP contribution in [0.3, 0.4) is 0 Å². The first-order chi connectivity index (χ1) is 9.76. The van der Waals surface area contributed by atoms with Crippen LogP contribution in [0.2, 0.25) is 0 Å². The van der Waals surface area contributed by atoms with Crippen LogP contribution in [0.25, 0.3) is 0 Å². The minimum atomic E-state index is -3.77. The highest BCUT2D eigenvalue weighted by molar-refractivity contribution is 9.10. The molecule has 0 spiro atoms. The third-order valence-corrected chi connectivity index (χ3v) is 5.29. The summed E-state index contributed by atoms with van der Waals surface area (Å²) in [7, 11) is -2.12. The molecule has 0 atom stereocenters. The number of aromatic nitrogens is 2. The van der Waals surface area contributed by atoms with Gasteiger partial charge in [0.15, 0.2) is 10.7 Å². The molecular weight excluding hydrogens is 356 g/mol. The number of anilines is 2. The predicted octanol–water partition coefficient (Wildman–Crippen LogP) is 2.44. The first-order valence-electron chi connectivity index (χ1n) is 6.36. The zero-order chi connectivity index (χ0) is 15.8. The highest BCUT2D eigenvalue weighted by Crippen LogP contribution is 2.27. The lowest BCUT2D eigenvalue weighted by Gasteiger charge is -2.12. The Bertz CT molecular complexity index is 784. The SMILES string of the molecule is CCc1cc(Br)ccc1NS(=O)(=O)c1c(N)nn(C)c1C. The van der Waals surface area contributed by atoms with E-state index in [1.165, 1.54) is 4.68 Å². The first-order valence-corrected chi connectivity index (χ1v) is 8.64. The van der Waals surface area contributed by atoms with Gasteiger partial charge in [-0.25, -0.2) is 8.42 Å². The lowest BCUT2D eigenvalue weighted by molar-refractivity contribution is 0.600. The van der Waals surface area contributed by atoms with Gasteiger partial charge in [0, 0.05) is 11.5 Å². The molecule has 0 fully saturated rings. The van der Waals surface area contributed by atoms with Crippen LogP contribution < -0.4 is 10.5 Å². The quantitative estimate of drug-likeness (QED) is 0.861. The Balaban J connectivity index is 2.47. The number of hydrogen-bond acceptors (Lipinski definition) is 4. The smallest absolute Gasteiger partial charge is 0.267 e. The molecule has 6 nitrogen and oxygen atoms in total. The van der Waals surface area contributed by atoms with Gasteiger partial charge < -0.3 is 5.73 Å². The van der Waals surface area contributed by atoms with Gasteiger partial charge in [-0.05, 0) is 37.1 Å². The molecule has 0 aliphatic carbocycles. The number of rotatable bonds is 4. The summed E-state index contributed by atoms with van der Waals surface area (Å²) in [6.45, 7) is 3.63. The van der Waals surface area contributed by atoms with Crippen molar-refractivity contribution in [1.29, 1.82) is 0 Å². The largest absolute Gasteiger partial charge is 0.381 e. The number of benzene rings is 1. The van der Waals surface area contributed by atoms with Crippen LogP contribution in [0.1, 0.15) is 18.2 Å². The average Bonchev–Trinajstić information content (AvgIpc) is 2.65. The summed E-state index contributed by atoms with van der Waals surface area (Å²) < 4.78 is 30.1. The maximum atomic E-state index is 12.6. The maximum Gasteiger partial charge on any atom is 0.267 e. The van der Waals surface area contributed by atoms with E-state index in [9.17, 15) is 8.42 Å². The standard InChI is InChI=1S/C13H17BrN4O2S/c1-4-9-7-10(14)5-6-11(9)17-21(19,20)12-8(2)18(3)16-13(12)15/h5-7,17H,4H2,1-3H3,(H2,15,16). The molecule has 0 amide bonds. The second-order valence-corrected chi connectivity index (χ2v) is 7.22. The number of hydrogen-bond donors (Lipinski definition) is 2. The zero-order valence-corrected chi connectivity index (χ0v) is 14.4. The van der Waals surface area contributed by atoms with Crippen molar-refractivity contribution < 1.29 is 8.42 Å². The molecule has 2 rings (SSSR count). The number of nitrogen functional groups attached to an aromatic ring is 1. The van der Waals surface area contributed by atoms with Crippen LogP contribution in [0.15, 0.2) is 27.6 Å². The molecule has 0 saturated heterocycles. The summed E-state index contributed by atoms with van der Waals surface area (Å²) in [5, 5.41) is 3.94. The van der Waals surface area contributed by atoms with Crippen molar-refractivity contribution in [1.82, 2.24) is 9.78 Å². The van der Waals surface area contributed by atoms with Gasteiger partial charge in [-0.1, -0.05) is 22.9 Å². The Hall–Kier alpha value is -1.54. The summed E-state index contributed by atoms with van der Waals surface area (Å²) in [4.78, 5) is 0.0231. The van der Waals surface area contributed by atoms with Crippen molar-refractivity contribution in [2.24, 2.45) is 7.05 Å². The van der Waals surface area contributed by atoms with Gasteiger partial charge in [-0.15, -0.1) is 0 Å². The van der Waals surface area contributed by atoms with Crippen LogP contribution in [0.5, 0.6) is 0 Å². The van der Waals surface area contributed by atoms with E-state index in [1.54, 1.807) is 26.1 Å². The van der Waals surface area contributed by atoms with Gasteiger partial charge in [0.1, 0.15) is 0 Å². The highest BCUT2D eigenvalue weighted by atomic mass is 79.9. The van der Waals surface area contributed by atoms with E-state index >= 15 is 0 Å². The summed E-state index contributed by atoms with van der Waals surface area (Å²) in [5.74, 6) is -0.00217. The molecule has 114 valence electrons. The zero-order valence-electron chi connectivity index (χ0n) is 12.0. The van der Waals surface area contributed by atoms with E-state index in [0.717, 1.165) is 10.0 Å². The van der Waals surface area contributed by atoms with E-state index in [0.29, 0.717) is 17.8 Å². The molecule has 8 heteroatoms. The maximum absolute atomic E-state index is 12.6. The van der Waals surface area contributed by atoms with Crippen LogP contribution in [-0.2, 0) is 23.5 Å². The van der Waals surface area contributed by atoms with Crippen molar-refractivity contribution >= 4 is 37.5 Å². The fourth-order valence-electron chi connectivity index (χ4n) is 2.10. The molecule has 1 aromatic heterocycles. The Morgan fingerprint density at radius 3 is 2.62 bits per heavy atom. The highest BCUT2D eigenvalue weighted by Gasteiger charge is 2.25. The Morgan fingerprint density at radius 2 is 2.10 bits per heavy atom. The van der Waals surface area contributed by atoms with Gasteiger partial charge in [0.25, 0.3) is 10.0 Å². The van der Waals surface area contributed by atoms with E-state index in [2.05, 4.69) is 25.8 Å². The average molecular weight is 373 g/mol. The number of nitrogens with zero attached hydrogens (tertiary/aromatic N) is 2. The molecule has 3 N–H and O–H groups in total. The molecule has 1 heterocycles. The molecule has 0 saturated carbocycles. The summed E-state index contributed by atoms with van der Waals surface area (Å²) >= 11 is 3.38. The summed E-state index contributed by atoms with van der Waals surface area (Å²) in [6, 6.07) is 5.40. The summed E-state index contributed by atoms with van der Waals surface area (Å²) in [5.41, 5.74) is 7.65. The lowest BCUT2D eigenvalue weighted by Crippen LogP contribution is -2.16. The van der Waals surface area contributed by atoms with Crippen molar-refractivity contribution in [3.8, 4) is 0 Å². The summed E-state index contributed by atoms with van der Waals surface area (Å²) in [6.07, 6.45) is 0.707. The monoisotopic (exact) mass is 372 g/mol. The predicted molar refractivity (Wildman–Crippen MR) is 86.7 cm³/mol. The Labute approximate surface area is 132 Å². The van der Waals surface area contributed by atoms with Crippen LogP contribution >= 0.6 is 15.9 Å². The van der Waals surface area contributed by atoms with E-state index in [-0.39, 0.29) is 10.7 Å². The van der Waals surface area contributed by atoms with Gasteiger partial charge in [-0.3, -0.25) is 9.40 Å². The molecule has 0 aliphatic rings. The minimum Gasteiger partial charge on any atom is -0.381 e. The molecular formula is C13H17BrN4O2S. The fraction of sp³-hybridized carbons (Fsp3) is 0.308. The lowest BCUT2D eigenvalue weighted by atomic mass is 10.1. The first kappa shape index (κ1) is 15.8. The molecule has 1 aromatic carbocycles. The third kappa shape index (κ3) is 3.06. The van der Waals surface area contributed by atoms with Crippen molar-refractivity contribution in [3.63, 3.8) is 0 Å². The molecule has 0 bridgehead atoms. The topological polar surface area (TPSA) is 90.0 Å². The van der Waals surface area contributed by atoms with Crippen LogP contribution in [0.4, 0.5) is 11.5 Å². The number of aryl methyl sites for hydroxylation is 2. The van der Waals surface area contributed by atoms with Crippen molar-refractivity contribution in [2.75, 3.05) is 10.5 Å². The molecule has 21 heavy (non-hydrogen) atoms. The van der Waals surface area contributed by atoms with Gasteiger partial charge >= 0.3 is 0 Å². The number of halogens is 1. The fourth-order valence-corrected chi connectivity index (χ4v) is 3.93. The molecule has 0 unspecified atom stereocenters. The Kier molecular flexibility index (Phi) is 4.29.